The van der Waals surface area contributed by atoms with Crippen LogP contribution in [0.5, 0.6) is 0 Å². The predicted octanol–water partition coefficient (Wildman–Crippen LogP) is 3.76. The Morgan fingerprint density at radius 2 is 2.13 bits per heavy atom. The molecule has 0 bridgehead atoms. The summed E-state index contributed by atoms with van der Waals surface area (Å²) in [4.78, 5) is 12.2. The quantitative estimate of drug-likeness (QED) is 0.637. The molecular formula is C18H19FN2O2. The van der Waals surface area contributed by atoms with Gasteiger partial charge in [-0.15, -0.1) is 0 Å². The zero-order chi connectivity index (χ0) is 16.2. The SMILES string of the molecule is C/C(=C/C(=O)O[C@@H]1CCC[C@H]1n1cccn1)c1ccc(F)cc1. The zero-order valence-electron chi connectivity index (χ0n) is 13.0. The maximum Gasteiger partial charge on any atom is 0.331 e. The lowest BCUT2D eigenvalue weighted by Crippen LogP contribution is -2.24. The summed E-state index contributed by atoms with van der Waals surface area (Å²) in [6, 6.07) is 8.03. The molecule has 0 amide bonds. The number of allylic oxidation sites excluding steroid dienone is 1. The molecule has 0 unspecified atom stereocenters. The number of ether oxygens (including phenoxy) is 1. The highest BCUT2D eigenvalue weighted by atomic mass is 19.1. The molecule has 4 nitrogen and oxygen atoms in total. The van der Waals surface area contributed by atoms with E-state index in [0.29, 0.717) is 0 Å². The van der Waals surface area contributed by atoms with Crippen LogP contribution in [0.15, 0.2) is 48.8 Å². The molecule has 2 atom stereocenters. The van der Waals surface area contributed by atoms with Gasteiger partial charge in [-0.05, 0) is 55.5 Å². The van der Waals surface area contributed by atoms with Gasteiger partial charge >= 0.3 is 5.97 Å². The van der Waals surface area contributed by atoms with Gasteiger partial charge in [0.1, 0.15) is 11.9 Å². The topological polar surface area (TPSA) is 44.1 Å². The molecule has 5 heteroatoms. The summed E-state index contributed by atoms with van der Waals surface area (Å²) in [5, 5.41) is 4.25. The molecule has 3 rings (SSSR count). The average Bonchev–Trinajstić information content (AvgIpc) is 3.18. The van der Waals surface area contributed by atoms with Crippen molar-refractivity contribution in [3.63, 3.8) is 0 Å². The third kappa shape index (κ3) is 3.67. The van der Waals surface area contributed by atoms with Crippen molar-refractivity contribution in [2.75, 3.05) is 0 Å². The van der Waals surface area contributed by atoms with Gasteiger partial charge in [-0.25, -0.2) is 9.18 Å². The van der Waals surface area contributed by atoms with Gasteiger partial charge in [-0.2, -0.15) is 5.10 Å². The zero-order valence-corrected chi connectivity index (χ0v) is 13.0. The summed E-state index contributed by atoms with van der Waals surface area (Å²) < 4.78 is 20.4. The van der Waals surface area contributed by atoms with E-state index in [1.54, 1.807) is 18.3 Å². The lowest BCUT2D eigenvalue weighted by Gasteiger charge is -2.20. The number of esters is 1. The molecule has 0 aliphatic heterocycles. The Kier molecular flexibility index (Phi) is 4.55. The first kappa shape index (κ1) is 15.5. The number of carbonyl (C=O) groups is 1. The first-order valence-electron chi connectivity index (χ1n) is 7.77. The highest BCUT2D eigenvalue weighted by molar-refractivity contribution is 5.91. The minimum atomic E-state index is -0.365. The van der Waals surface area contributed by atoms with Crippen LogP contribution in [0.4, 0.5) is 4.39 Å². The Morgan fingerprint density at radius 3 is 2.83 bits per heavy atom. The fourth-order valence-corrected chi connectivity index (χ4v) is 2.98. The average molecular weight is 314 g/mol. The Morgan fingerprint density at radius 1 is 1.35 bits per heavy atom. The van der Waals surface area contributed by atoms with E-state index in [2.05, 4.69) is 5.10 Å². The molecule has 0 radical (unpaired) electrons. The molecule has 1 aliphatic carbocycles. The number of nitrogens with zero attached hydrogens (tertiary/aromatic N) is 2. The summed E-state index contributed by atoms with van der Waals surface area (Å²) >= 11 is 0. The Labute approximate surface area is 134 Å². The number of rotatable bonds is 4. The van der Waals surface area contributed by atoms with Gasteiger partial charge in [0.15, 0.2) is 0 Å². The van der Waals surface area contributed by atoms with E-state index in [0.717, 1.165) is 30.4 Å². The van der Waals surface area contributed by atoms with E-state index < -0.39 is 0 Å². The number of benzene rings is 1. The number of halogens is 1. The second-order valence-electron chi connectivity index (χ2n) is 5.79. The Balaban J connectivity index is 1.66. The van der Waals surface area contributed by atoms with Crippen molar-refractivity contribution in [2.45, 2.75) is 38.3 Å². The third-order valence-electron chi connectivity index (χ3n) is 4.18. The summed E-state index contributed by atoms with van der Waals surface area (Å²) in [5.41, 5.74) is 1.56. The second kappa shape index (κ2) is 6.77. The normalized spacial score (nSPS) is 21.4. The number of carbonyl (C=O) groups excluding carboxylic acids is 1. The minimum absolute atomic E-state index is 0.105. The third-order valence-corrected chi connectivity index (χ3v) is 4.18. The van der Waals surface area contributed by atoms with Crippen molar-refractivity contribution in [2.24, 2.45) is 0 Å². The molecular weight excluding hydrogens is 295 g/mol. The van der Waals surface area contributed by atoms with Crippen LogP contribution in [0.25, 0.3) is 5.57 Å². The maximum absolute atomic E-state index is 12.9. The highest BCUT2D eigenvalue weighted by Gasteiger charge is 2.31. The molecule has 1 fully saturated rings. The van der Waals surface area contributed by atoms with Gasteiger partial charge in [0, 0.05) is 18.5 Å². The Hall–Kier alpha value is -2.43. The molecule has 23 heavy (non-hydrogen) atoms. The van der Waals surface area contributed by atoms with Crippen molar-refractivity contribution in [1.29, 1.82) is 0 Å². The van der Waals surface area contributed by atoms with Crippen LogP contribution >= 0.6 is 0 Å². The van der Waals surface area contributed by atoms with Crippen LogP contribution in [0, 0.1) is 5.82 Å². The second-order valence-corrected chi connectivity index (χ2v) is 5.79. The summed E-state index contributed by atoms with van der Waals surface area (Å²) in [7, 11) is 0. The number of hydrogen-bond acceptors (Lipinski definition) is 3. The first-order chi connectivity index (χ1) is 11.1. The van der Waals surface area contributed by atoms with E-state index in [1.165, 1.54) is 18.2 Å². The van der Waals surface area contributed by atoms with Crippen LogP contribution in [0.2, 0.25) is 0 Å². The van der Waals surface area contributed by atoms with Crippen molar-refractivity contribution in [3.8, 4) is 0 Å². The fraction of sp³-hybridized carbons (Fsp3) is 0.333. The molecule has 120 valence electrons. The molecule has 0 saturated heterocycles. The summed E-state index contributed by atoms with van der Waals surface area (Å²) in [6.45, 7) is 1.81. The summed E-state index contributed by atoms with van der Waals surface area (Å²) in [6.07, 6.45) is 7.76. The van der Waals surface area contributed by atoms with E-state index in [1.807, 2.05) is 23.9 Å². The molecule has 1 aromatic carbocycles. The van der Waals surface area contributed by atoms with Gasteiger partial charge in [-0.3, -0.25) is 4.68 Å². The largest absolute Gasteiger partial charge is 0.457 e. The molecule has 2 aromatic rings. The van der Waals surface area contributed by atoms with Crippen LogP contribution in [0.3, 0.4) is 0 Å². The van der Waals surface area contributed by atoms with Gasteiger partial charge < -0.3 is 4.74 Å². The highest BCUT2D eigenvalue weighted by Crippen LogP contribution is 2.32. The lowest BCUT2D eigenvalue weighted by molar-refractivity contribution is -0.144. The van der Waals surface area contributed by atoms with Crippen LogP contribution in [-0.4, -0.2) is 21.9 Å². The van der Waals surface area contributed by atoms with E-state index in [9.17, 15) is 9.18 Å². The van der Waals surface area contributed by atoms with Crippen molar-refractivity contribution in [3.05, 3.63) is 60.2 Å². The van der Waals surface area contributed by atoms with Gasteiger partial charge in [0.25, 0.3) is 0 Å². The van der Waals surface area contributed by atoms with E-state index in [4.69, 9.17) is 4.74 Å². The van der Waals surface area contributed by atoms with Gasteiger partial charge in [0.05, 0.1) is 6.04 Å². The van der Waals surface area contributed by atoms with Crippen LogP contribution < -0.4 is 0 Å². The molecule has 1 aromatic heterocycles. The van der Waals surface area contributed by atoms with Gasteiger partial charge in [0.2, 0.25) is 0 Å². The molecule has 1 heterocycles. The molecule has 1 saturated carbocycles. The minimum Gasteiger partial charge on any atom is -0.457 e. The number of aromatic nitrogens is 2. The van der Waals surface area contributed by atoms with Crippen molar-refractivity contribution >= 4 is 11.5 Å². The van der Waals surface area contributed by atoms with E-state index in [-0.39, 0.29) is 23.9 Å². The monoisotopic (exact) mass is 314 g/mol. The van der Waals surface area contributed by atoms with Crippen LogP contribution in [0.1, 0.15) is 37.8 Å². The lowest BCUT2D eigenvalue weighted by atomic mass is 10.1. The predicted molar refractivity (Wildman–Crippen MR) is 85.0 cm³/mol. The standard InChI is InChI=1S/C18H19FN2O2/c1-13(14-6-8-15(19)9-7-14)12-18(22)23-17-5-2-4-16(17)21-11-3-10-20-21/h3,6-12,16-17H,2,4-5H2,1H3/b13-12-/t16-,17-/m1/s1. The van der Waals surface area contributed by atoms with Crippen molar-refractivity contribution < 1.29 is 13.9 Å². The molecule has 1 aliphatic rings. The smallest absolute Gasteiger partial charge is 0.331 e. The Bertz CT molecular complexity index is 692. The van der Waals surface area contributed by atoms with Crippen LogP contribution in [-0.2, 0) is 9.53 Å². The number of hydrogen-bond donors (Lipinski definition) is 0. The van der Waals surface area contributed by atoms with Gasteiger partial charge in [-0.1, -0.05) is 12.1 Å². The van der Waals surface area contributed by atoms with E-state index >= 15 is 0 Å². The van der Waals surface area contributed by atoms with Crippen molar-refractivity contribution in [1.82, 2.24) is 9.78 Å². The fourth-order valence-electron chi connectivity index (χ4n) is 2.98. The molecule has 0 spiro atoms. The maximum atomic E-state index is 12.9. The summed E-state index contributed by atoms with van der Waals surface area (Å²) in [5.74, 6) is -0.659. The molecule has 0 N–H and O–H groups in total. The first-order valence-corrected chi connectivity index (χ1v) is 7.77.